The topological polar surface area (TPSA) is 178 Å². The minimum absolute atomic E-state index is 0.0451. The second-order valence-electron chi connectivity index (χ2n) is 7.16. The number of rotatable bonds is 6. The molecule has 0 bridgehead atoms. The van der Waals surface area contributed by atoms with Crippen molar-refractivity contribution in [1.82, 2.24) is 0 Å². The quantitative estimate of drug-likeness (QED) is 0.213. The average molecular weight is 513 g/mol. The summed E-state index contributed by atoms with van der Waals surface area (Å²) in [6.07, 6.45) is 0. The summed E-state index contributed by atoms with van der Waals surface area (Å²) >= 11 is 0. The molecule has 0 fully saturated rings. The van der Waals surface area contributed by atoms with Gasteiger partial charge in [0.2, 0.25) is 0 Å². The predicted octanol–water partition coefficient (Wildman–Crippen LogP) is 5.87. The number of phenolic OH excluding ortho intramolecular Hbond substituents is 1. The first kappa shape index (κ1) is 24.1. The van der Waals surface area contributed by atoms with Gasteiger partial charge < -0.3 is 5.11 Å². The predicted molar refractivity (Wildman–Crippen MR) is 126 cm³/mol. The van der Waals surface area contributed by atoms with Crippen molar-refractivity contribution >= 4 is 53.8 Å². The molecule has 4 rings (SSSR count). The highest BCUT2D eigenvalue weighted by atomic mass is 32.2. The van der Waals surface area contributed by atoms with Crippen LogP contribution < -0.4 is 0 Å². The van der Waals surface area contributed by atoms with Crippen LogP contribution in [0.4, 0.5) is 22.7 Å². The Labute approximate surface area is 199 Å². The third kappa shape index (κ3) is 5.55. The molecule has 0 heterocycles. The second kappa shape index (κ2) is 9.31. The Balaban J connectivity index is 1.77. The summed E-state index contributed by atoms with van der Waals surface area (Å²) in [6, 6.07) is 19.0. The third-order valence-electron chi connectivity index (χ3n) is 4.74. The van der Waals surface area contributed by atoms with Crippen LogP contribution in [0.2, 0.25) is 0 Å². The van der Waals surface area contributed by atoms with E-state index in [9.17, 15) is 31.0 Å². The van der Waals surface area contributed by atoms with E-state index in [0.717, 1.165) is 6.07 Å². The Kier molecular flexibility index (Phi) is 6.41. The van der Waals surface area contributed by atoms with Gasteiger partial charge in [-0.05, 0) is 53.9 Å². The van der Waals surface area contributed by atoms with Crippen LogP contribution >= 0.6 is 0 Å². The molecular weight excluding hydrogens is 496 g/mol. The van der Waals surface area contributed by atoms with Gasteiger partial charge in [-0.3, -0.25) is 9.11 Å². The number of fused-ring (bicyclic) bond motifs is 1. The van der Waals surface area contributed by atoms with Crippen molar-refractivity contribution in [3.05, 3.63) is 78.9 Å². The zero-order valence-corrected chi connectivity index (χ0v) is 19.2. The van der Waals surface area contributed by atoms with Gasteiger partial charge in [-0.15, -0.1) is 10.2 Å². The van der Waals surface area contributed by atoms with Gasteiger partial charge in [-0.1, -0.05) is 30.3 Å². The first-order valence-corrected chi connectivity index (χ1v) is 12.6. The maximum absolute atomic E-state index is 11.9. The van der Waals surface area contributed by atoms with Crippen LogP contribution in [0, 0.1) is 0 Å². The summed E-state index contributed by atoms with van der Waals surface area (Å²) in [6.45, 7) is 0. The molecule has 0 saturated heterocycles. The molecule has 0 unspecified atom stereocenters. The first-order chi connectivity index (χ1) is 16.5. The van der Waals surface area contributed by atoms with E-state index in [-0.39, 0.29) is 33.6 Å². The Morgan fingerprint density at radius 2 is 1.34 bits per heavy atom. The zero-order valence-electron chi connectivity index (χ0n) is 17.6. The summed E-state index contributed by atoms with van der Waals surface area (Å²) in [5, 5.41) is 26.5. The molecule has 0 aliphatic heterocycles. The number of phenols is 1. The molecule has 0 aromatic heterocycles. The molecule has 0 radical (unpaired) electrons. The van der Waals surface area contributed by atoms with Gasteiger partial charge in [0.05, 0.1) is 16.3 Å². The van der Waals surface area contributed by atoms with Crippen LogP contribution in [0.25, 0.3) is 10.8 Å². The zero-order chi connectivity index (χ0) is 25.2. The molecule has 0 aliphatic rings. The minimum atomic E-state index is -4.85. The Morgan fingerprint density at radius 1 is 0.629 bits per heavy atom. The molecule has 0 amide bonds. The van der Waals surface area contributed by atoms with Gasteiger partial charge in [0.25, 0.3) is 20.2 Å². The molecule has 4 aromatic carbocycles. The third-order valence-corrected chi connectivity index (χ3v) is 6.46. The van der Waals surface area contributed by atoms with E-state index >= 15 is 0 Å². The van der Waals surface area contributed by atoms with Crippen molar-refractivity contribution in [2.24, 2.45) is 20.5 Å². The molecule has 0 aliphatic carbocycles. The lowest BCUT2D eigenvalue weighted by molar-refractivity contribution is 0.476. The van der Waals surface area contributed by atoms with Gasteiger partial charge in [0.15, 0.2) is 5.69 Å². The number of benzene rings is 4. The van der Waals surface area contributed by atoms with Crippen LogP contribution in [0.1, 0.15) is 0 Å². The van der Waals surface area contributed by atoms with Crippen molar-refractivity contribution in [3.63, 3.8) is 0 Å². The lowest BCUT2D eigenvalue weighted by atomic mass is 10.1. The summed E-state index contributed by atoms with van der Waals surface area (Å²) in [4.78, 5) is -1.42. The molecule has 178 valence electrons. The Hall–Kier alpha value is -4.04. The fraction of sp³-hybridized carbons (Fsp3) is 0. The van der Waals surface area contributed by atoms with Crippen molar-refractivity contribution in [2.45, 2.75) is 9.79 Å². The fourth-order valence-corrected chi connectivity index (χ4v) is 4.47. The van der Waals surface area contributed by atoms with Crippen molar-refractivity contribution < 1.29 is 31.0 Å². The molecule has 3 N–H and O–H groups in total. The van der Waals surface area contributed by atoms with Crippen LogP contribution in [0.15, 0.2) is 109 Å². The number of aromatic hydroxyl groups is 1. The number of hydrogen-bond acceptors (Lipinski definition) is 9. The highest BCUT2D eigenvalue weighted by Crippen LogP contribution is 2.39. The number of azo groups is 2. The number of hydrogen-bond donors (Lipinski definition) is 3. The van der Waals surface area contributed by atoms with Crippen LogP contribution in [0.5, 0.6) is 5.75 Å². The lowest BCUT2D eigenvalue weighted by Crippen LogP contribution is -2.04. The summed E-state index contributed by atoms with van der Waals surface area (Å²) < 4.78 is 65.6. The summed E-state index contributed by atoms with van der Waals surface area (Å²) in [5.41, 5.74) is 0.922. The largest absolute Gasteiger partial charge is 0.506 e. The lowest BCUT2D eigenvalue weighted by Gasteiger charge is -2.07. The van der Waals surface area contributed by atoms with E-state index in [2.05, 4.69) is 20.5 Å². The second-order valence-corrected chi connectivity index (χ2v) is 9.97. The SMILES string of the molecule is O=S(=O)(O)c1cc(S(=O)(=O)O)c2cc(N=Nc3cccc(O)c3N=Nc3ccccc3)ccc2c1. The highest BCUT2D eigenvalue weighted by molar-refractivity contribution is 7.86. The molecule has 35 heavy (non-hydrogen) atoms. The van der Waals surface area contributed by atoms with Gasteiger partial charge in [0, 0.05) is 5.39 Å². The van der Waals surface area contributed by atoms with Crippen LogP contribution in [-0.2, 0) is 20.2 Å². The monoisotopic (exact) mass is 512 g/mol. The van der Waals surface area contributed by atoms with E-state index in [4.69, 9.17) is 0 Å². The molecule has 0 saturated carbocycles. The molecule has 11 nitrogen and oxygen atoms in total. The fourth-order valence-electron chi connectivity index (χ4n) is 3.13. The van der Waals surface area contributed by atoms with Crippen molar-refractivity contribution in [1.29, 1.82) is 0 Å². The highest BCUT2D eigenvalue weighted by Gasteiger charge is 2.20. The van der Waals surface area contributed by atoms with Gasteiger partial charge in [0.1, 0.15) is 16.3 Å². The van der Waals surface area contributed by atoms with Crippen molar-refractivity contribution in [2.75, 3.05) is 0 Å². The smallest absolute Gasteiger partial charge is 0.295 e. The van der Waals surface area contributed by atoms with E-state index in [1.807, 2.05) is 6.07 Å². The maximum Gasteiger partial charge on any atom is 0.295 e. The number of nitrogens with zero attached hydrogens (tertiary/aromatic N) is 4. The van der Waals surface area contributed by atoms with E-state index in [1.165, 1.54) is 36.4 Å². The summed E-state index contributed by atoms with van der Waals surface area (Å²) in [7, 11) is -9.58. The normalized spacial score (nSPS) is 12.6. The Morgan fingerprint density at radius 3 is 2.03 bits per heavy atom. The standard InChI is InChI=1S/C22H16N4O7S2/c27-20-8-4-7-19(22(20)26-23-15-5-2-1-3-6-15)25-24-16-10-9-14-11-17(34(28,29)30)13-21(18(14)12-16)35(31,32)33/h1-13,27H,(H,28,29,30)(H,31,32,33). The molecule has 13 heteroatoms. The maximum atomic E-state index is 11.9. The van der Waals surface area contributed by atoms with Crippen molar-refractivity contribution in [3.8, 4) is 5.75 Å². The van der Waals surface area contributed by atoms with Gasteiger partial charge >= 0.3 is 0 Å². The van der Waals surface area contributed by atoms with Gasteiger partial charge in [-0.2, -0.15) is 27.1 Å². The first-order valence-electron chi connectivity index (χ1n) is 9.76. The summed E-state index contributed by atoms with van der Waals surface area (Å²) in [5.74, 6) is -0.189. The van der Waals surface area contributed by atoms with Crippen LogP contribution in [-0.4, -0.2) is 31.0 Å². The van der Waals surface area contributed by atoms with E-state index < -0.39 is 30.0 Å². The molecule has 0 atom stereocenters. The molecule has 0 spiro atoms. The van der Waals surface area contributed by atoms with E-state index in [1.54, 1.807) is 24.3 Å². The Bertz CT molecular complexity index is 1700. The molecular formula is C22H16N4O7S2. The minimum Gasteiger partial charge on any atom is -0.506 e. The van der Waals surface area contributed by atoms with Crippen LogP contribution in [0.3, 0.4) is 0 Å². The van der Waals surface area contributed by atoms with Gasteiger partial charge in [-0.25, -0.2) is 0 Å². The molecule has 4 aromatic rings. The van der Waals surface area contributed by atoms with E-state index in [0.29, 0.717) is 11.8 Å². The average Bonchev–Trinajstić information content (AvgIpc) is 2.80.